The fraction of sp³-hybridized carbons (Fsp3) is 0.700. The second-order valence-electron chi connectivity index (χ2n) is 4.12. The number of aliphatic hydroxyl groups is 2. The molecule has 1 aliphatic heterocycles. The van der Waals surface area contributed by atoms with Crippen molar-refractivity contribution < 1.29 is 10.2 Å². The molecule has 0 aromatic carbocycles. The molecular formula is C10H15N3O4S. The molecule has 2 rings (SSSR count). The summed E-state index contributed by atoms with van der Waals surface area (Å²) in [7, 11) is 0. The SMILES string of the molecule is CCc1nn([C@@H]2C[C@H](O)[C@@H](CO)S2)c(=O)[nH]c1=O. The minimum Gasteiger partial charge on any atom is -0.395 e. The molecule has 0 radical (unpaired) electrons. The normalized spacial score (nSPS) is 27.6. The van der Waals surface area contributed by atoms with Crippen LogP contribution in [0.2, 0.25) is 0 Å². The molecule has 0 spiro atoms. The van der Waals surface area contributed by atoms with Crippen molar-refractivity contribution in [2.24, 2.45) is 0 Å². The van der Waals surface area contributed by atoms with Gasteiger partial charge in [-0.1, -0.05) is 6.92 Å². The van der Waals surface area contributed by atoms with E-state index in [1.807, 2.05) is 0 Å². The molecule has 1 aromatic rings. The molecule has 100 valence electrons. The van der Waals surface area contributed by atoms with Crippen LogP contribution in [0.25, 0.3) is 0 Å². The van der Waals surface area contributed by atoms with Crippen molar-refractivity contribution in [3.8, 4) is 0 Å². The highest BCUT2D eigenvalue weighted by Gasteiger charge is 2.35. The Kier molecular flexibility index (Phi) is 3.88. The zero-order valence-corrected chi connectivity index (χ0v) is 10.7. The van der Waals surface area contributed by atoms with Gasteiger partial charge in [-0.25, -0.2) is 9.48 Å². The highest BCUT2D eigenvalue weighted by atomic mass is 32.2. The lowest BCUT2D eigenvalue weighted by molar-refractivity contribution is 0.136. The molecule has 0 saturated carbocycles. The average molecular weight is 273 g/mol. The summed E-state index contributed by atoms with van der Waals surface area (Å²) in [4.78, 5) is 25.3. The number of aromatic amines is 1. The molecule has 0 unspecified atom stereocenters. The van der Waals surface area contributed by atoms with Gasteiger partial charge in [-0.15, -0.1) is 11.8 Å². The van der Waals surface area contributed by atoms with E-state index < -0.39 is 17.4 Å². The van der Waals surface area contributed by atoms with E-state index in [9.17, 15) is 14.7 Å². The summed E-state index contributed by atoms with van der Waals surface area (Å²) in [5.41, 5.74) is -0.765. The quantitative estimate of drug-likeness (QED) is 0.642. The standard InChI is InChI=1S/C10H15N3O4S/c1-2-5-9(16)11-10(17)13(12-5)8-3-6(15)7(4-14)18-8/h6-8,14-15H,2-4H2,1H3,(H,11,16,17)/t6-,7+,8-/m0/s1. The average Bonchev–Trinajstić information content (AvgIpc) is 2.70. The van der Waals surface area contributed by atoms with Crippen LogP contribution in [-0.4, -0.2) is 42.9 Å². The van der Waals surface area contributed by atoms with Gasteiger partial charge in [0.25, 0.3) is 5.56 Å². The predicted octanol–water partition coefficient (Wildman–Crippen LogP) is -1.15. The number of hydrogen-bond acceptors (Lipinski definition) is 6. The lowest BCUT2D eigenvalue weighted by Gasteiger charge is -2.11. The summed E-state index contributed by atoms with van der Waals surface area (Å²) in [6.45, 7) is 1.63. The zero-order chi connectivity index (χ0) is 13.3. The van der Waals surface area contributed by atoms with E-state index in [0.29, 0.717) is 12.8 Å². The summed E-state index contributed by atoms with van der Waals surface area (Å²) < 4.78 is 1.18. The van der Waals surface area contributed by atoms with Crippen molar-refractivity contribution in [1.82, 2.24) is 14.8 Å². The third-order valence-electron chi connectivity index (χ3n) is 2.91. The van der Waals surface area contributed by atoms with Gasteiger partial charge in [0.05, 0.1) is 18.0 Å². The minimum absolute atomic E-state index is 0.152. The molecule has 1 aromatic heterocycles. The topological polar surface area (TPSA) is 108 Å². The van der Waals surface area contributed by atoms with Gasteiger partial charge < -0.3 is 10.2 Å². The van der Waals surface area contributed by atoms with Crippen molar-refractivity contribution in [3.05, 3.63) is 26.5 Å². The smallest absolute Gasteiger partial charge is 0.345 e. The van der Waals surface area contributed by atoms with Gasteiger partial charge in [-0.05, 0) is 6.42 Å². The Hall–Kier alpha value is -1.12. The third kappa shape index (κ3) is 2.36. The molecule has 2 heterocycles. The van der Waals surface area contributed by atoms with Gasteiger partial charge in [-0.3, -0.25) is 9.78 Å². The van der Waals surface area contributed by atoms with Crippen molar-refractivity contribution in [3.63, 3.8) is 0 Å². The number of rotatable bonds is 3. The maximum atomic E-state index is 11.7. The van der Waals surface area contributed by atoms with Crippen LogP contribution in [-0.2, 0) is 6.42 Å². The fourth-order valence-electron chi connectivity index (χ4n) is 1.90. The number of thioether (sulfide) groups is 1. The van der Waals surface area contributed by atoms with Crippen LogP contribution in [0.1, 0.15) is 24.4 Å². The second kappa shape index (κ2) is 5.25. The van der Waals surface area contributed by atoms with E-state index in [1.54, 1.807) is 6.92 Å². The first-order valence-electron chi connectivity index (χ1n) is 5.73. The number of hydrogen-bond donors (Lipinski definition) is 3. The monoisotopic (exact) mass is 273 g/mol. The molecule has 7 nitrogen and oxygen atoms in total. The number of aromatic nitrogens is 3. The highest BCUT2D eigenvalue weighted by molar-refractivity contribution is 8.00. The number of nitrogens with one attached hydrogen (secondary N) is 1. The van der Waals surface area contributed by atoms with Crippen LogP contribution in [0.15, 0.2) is 9.59 Å². The van der Waals surface area contributed by atoms with E-state index in [2.05, 4.69) is 10.1 Å². The summed E-state index contributed by atoms with van der Waals surface area (Å²) in [6, 6.07) is 0. The Balaban J connectivity index is 2.35. The summed E-state index contributed by atoms with van der Waals surface area (Å²) in [5, 5.41) is 22.1. The van der Waals surface area contributed by atoms with Gasteiger partial charge >= 0.3 is 5.69 Å². The van der Waals surface area contributed by atoms with E-state index >= 15 is 0 Å². The molecule has 3 atom stereocenters. The Bertz CT molecular complexity index is 541. The molecule has 0 aliphatic carbocycles. The maximum Gasteiger partial charge on any atom is 0.345 e. The van der Waals surface area contributed by atoms with E-state index in [-0.39, 0.29) is 22.9 Å². The molecule has 1 aliphatic rings. The lowest BCUT2D eigenvalue weighted by Crippen LogP contribution is -2.36. The largest absolute Gasteiger partial charge is 0.395 e. The Morgan fingerprint density at radius 3 is 2.83 bits per heavy atom. The van der Waals surface area contributed by atoms with Crippen LogP contribution >= 0.6 is 11.8 Å². The highest BCUT2D eigenvalue weighted by Crippen LogP contribution is 2.39. The number of nitrogens with zero attached hydrogens (tertiary/aromatic N) is 2. The van der Waals surface area contributed by atoms with E-state index in [4.69, 9.17) is 5.11 Å². The minimum atomic E-state index is -0.671. The van der Waals surface area contributed by atoms with Gasteiger partial charge in [0.1, 0.15) is 11.1 Å². The first-order chi connectivity index (χ1) is 8.56. The number of H-pyrrole nitrogens is 1. The Morgan fingerprint density at radius 1 is 1.56 bits per heavy atom. The van der Waals surface area contributed by atoms with Crippen LogP contribution in [0.3, 0.4) is 0 Å². The van der Waals surface area contributed by atoms with Gasteiger partial charge in [0.2, 0.25) is 0 Å². The summed E-state index contributed by atoms with van der Waals surface area (Å²) in [5.74, 6) is 0. The van der Waals surface area contributed by atoms with Crippen LogP contribution in [0, 0.1) is 0 Å². The Morgan fingerprint density at radius 2 is 2.28 bits per heavy atom. The molecule has 0 amide bonds. The van der Waals surface area contributed by atoms with Crippen LogP contribution in [0.5, 0.6) is 0 Å². The van der Waals surface area contributed by atoms with Gasteiger partial charge in [0, 0.05) is 6.42 Å². The molecule has 1 fully saturated rings. The summed E-state index contributed by atoms with van der Waals surface area (Å²) in [6.07, 6.45) is 0.0902. The summed E-state index contributed by atoms with van der Waals surface area (Å²) >= 11 is 1.29. The van der Waals surface area contributed by atoms with Crippen LogP contribution in [0.4, 0.5) is 0 Å². The van der Waals surface area contributed by atoms with Gasteiger partial charge in [0.15, 0.2) is 0 Å². The van der Waals surface area contributed by atoms with Crippen molar-refractivity contribution >= 4 is 11.8 Å². The number of aliphatic hydroxyl groups excluding tert-OH is 2. The maximum absolute atomic E-state index is 11.7. The third-order valence-corrected chi connectivity index (χ3v) is 4.43. The molecule has 18 heavy (non-hydrogen) atoms. The first-order valence-corrected chi connectivity index (χ1v) is 6.67. The zero-order valence-electron chi connectivity index (χ0n) is 9.87. The number of aryl methyl sites for hydroxylation is 1. The second-order valence-corrected chi connectivity index (χ2v) is 5.54. The van der Waals surface area contributed by atoms with Gasteiger partial charge in [-0.2, -0.15) is 5.10 Å². The van der Waals surface area contributed by atoms with Crippen molar-refractivity contribution in [2.75, 3.05) is 6.61 Å². The van der Waals surface area contributed by atoms with Crippen molar-refractivity contribution in [2.45, 2.75) is 36.5 Å². The van der Waals surface area contributed by atoms with Crippen molar-refractivity contribution in [1.29, 1.82) is 0 Å². The first kappa shape index (κ1) is 13.3. The van der Waals surface area contributed by atoms with Crippen LogP contribution < -0.4 is 11.2 Å². The van der Waals surface area contributed by atoms with E-state index in [1.165, 1.54) is 16.4 Å². The lowest BCUT2D eigenvalue weighted by atomic mass is 10.2. The molecule has 3 N–H and O–H groups in total. The van der Waals surface area contributed by atoms with E-state index in [0.717, 1.165) is 0 Å². The fourth-order valence-corrected chi connectivity index (χ4v) is 3.25. The Labute approximate surface area is 107 Å². The molecule has 8 heteroatoms. The molecule has 0 bridgehead atoms. The molecular weight excluding hydrogens is 258 g/mol. The molecule has 1 saturated heterocycles. The predicted molar refractivity (Wildman–Crippen MR) is 66.6 cm³/mol.